The van der Waals surface area contributed by atoms with Crippen LogP contribution >= 0.6 is 0 Å². The maximum atomic E-state index is 11.2. The van der Waals surface area contributed by atoms with Crippen LogP contribution in [0.2, 0.25) is 0 Å². The lowest BCUT2D eigenvalue weighted by molar-refractivity contribution is 0.169. The van der Waals surface area contributed by atoms with Crippen LogP contribution in [-0.4, -0.2) is 49.6 Å². The molecule has 0 radical (unpaired) electrons. The molecule has 0 aliphatic heterocycles. The van der Waals surface area contributed by atoms with Crippen molar-refractivity contribution in [1.82, 2.24) is 21.0 Å². The van der Waals surface area contributed by atoms with Gasteiger partial charge in [-0.1, -0.05) is 6.07 Å². The summed E-state index contributed by atoms with van der Waals surface area (Å²) in [6.07, 6.45) is -0.462. The Hall–Kier alpha value is -2.15. The molecule has 1 amide bonds. The van der Waals surface area contributed by atoms with Gasteiger partial charge in [-0.3, -0.25) is 4.98 Å². The Morgan fingerprint density at radius 2 is 2.18 bits per heavy atom. The van der Waals surface area contributed by atoms with E-state index in [2.05, 4.69) is 30.9 Å². The first kappa shape index (κ1) is 17.9. The second kappa shape index (κ2) is 8.99. The van der Waals surface area contributed by atoms with Crippen molar-refractivity contribution in [1.29, 1.82) is 0 Å². The number of carbonyl (C=O) groups is 1. The number of nitrogens with one attached hydrogen (secondary N) is 3. The van der Waals surface area contributed by atoms with E-state index < -0.39 is 6.09 Å². The summed E-state index contributed by atoms with van der Waals surface area (Å²) in [5.41, 5.74) is 5.64. The third kappa shape index (κ3) is 5.69. The number of hydrazone groups is 1. The summed E-state index contributed by atoms with van der Waals surface area (Å²) in [5.74, 6) is 0. The van der Waals surface area contributed by atoms with Crippen molar-refractivity contribution >= 4 is 11.8 Å². The molecule has 2 unspecified atom stereocenters. The first-order chi connectivity index (χ1) is 10.5. The largest absolute Gasteiger partial charge is 0.453 e. The van der Waals surface area contributed by atoms with Crippen LogP contribution in [0.3, 0.4) is 0 Å². The zero-order valence-electron chi connectivity index (χ0n) is 13.8. The minimum Gasteiger partial charge on any atom is -0.453 e. The number of amides is 1. The SMILES string of the molecule is CNC(C)C(CNC(=O)OC)N/N=C(\C)c1cccc(C)n1. The number of rotatable bonds is 7. The van der Waals surface area contributed by atoms with E-state index >= 15 is 0 Å². The Morgan fingerprint density at radius 1 is 1.45 bits per heavy atom. The average molecular weight is 307 g/mol. The van der Waals surface area contributed by atoms with Gasteiger partial charge in [0.2, 0.25) is 0 Å². The van der Waals surface area contributed by atoms with Crippen molar-refractivity contribution in [3.63, 3.8) is 0 Å². The summed E-state index contributed by atoms with van der Waals surface area (Å²) in [7, 11) is 3.20. The number of carbonyl (C=O) groups excluding carboxylic acids is 1. The van der Waals surface area contributed by atoms with Gasteiger partial charge in [-0.05, 0) is 40.0 Å². The van der Waals surface area contributed by atoms with Crippen LogP contribution in [0, 0.1) is 6.92 Å². The summed E-state index contributed by atoms with van der Waals surface area (Å²) in [6.45, 7) is 6.24. The minimum atomic E-state index is -0.462. The summed E-state index contributed by atoms with van der Waals surface area (Å²) in [4.78, 5) is 15.6. The summed E-state index contributed by atoms with van der Waals surface area (Å²) in [6, 6.07) is 5.83. The quantitative estimate of drug-likeness (QED) is 0.517. The molecule has 0 saturated carbocycles. The zero-order chi connectivity index (χ0) is 16.5. The van der Waals surface area contributed by atoms with Gasteiger partial charge in [-0.2, -0.15) is 5.10 Å². The van der Waals surface area contributed by atoms with E-state index in [-0.39, 0.29) is 12.1 Å². The summed E-state index contributed by atoms with van der Waals surface area (Å²) < 4.78 is 4.58. The zero-order valence-corrected chi connectivity index (χ0v) is 13.8. The standard InChI is InChI=1S/C15H25N5O2/c1-10-7-6-8-13(18-10)12(3)19-20-14(11(2)16-4)9-17-15(21)22-5/h6-8,11,14,16,20H,9H2,1-5H3,(H,17,21)/b19-12+. The lowest BCUT2D eigenvalue weighted by Crippen LogP contribution is -2.50. The number of alkyl carbamates (subject to hydrolysis) is 1. The molecule has 0 bridgehead atoms. The van der Waals surface area contributed by atoms with Gasteiger partial charge in [0.25, 0.3) is 0 Å². The van der Waals surface area contributed by atoms with Gasteiger partial charge in [0.05, 0.1) is 24.6 Å². The van der Waals surface area contributed by atoms with Crippen molar-refractivity contribution in [3.8, 4) is 0 Å². The number of nitrogens with zero attached hydrogens (tertiary/aromatic N) is 2. The number of aromatic nitrogens is 1. The van der Waals surface area contributed by atoms with Gasteiger partial charge < -0.3 is 20.8 Å². The molecule has 0 aromatic carbocycles. The van der Waals surface area contributed by atoms with Crippen molar-refractivity contribution in [2.45, 2.75) is 32.9 Å². The van der Waals surface area contributed by atoms with Crippen LogP contribution in [0.15, 0.2) is 23.3 Å². The average Bonchev–Trinajstić information content (AvgIpc) is 2.53. The molecular weight excluding hydrogens is 282 g/mol. The fourth-order valence-corrected chi connectivity index (χ4v) is 1.78. The van der Waals surface area contributed by atoms with E-state index in [1.54, 1.807) is 0 Å². The maximum Gasteiger partial charge on any atom is 0.406 e. The highest BCUT2D eigenvalue weighted by Crippen LogP contribution is 2.00. The van der Waals surface area contributed by atoms with E-state index in [9.17, 15) is 4.79 Å². The Morgan fingerprint density at radius 3 is 2.77 bits per heavy atom. The number of hydrogen-bond donors (Lipinski definition) is 3. The molecule has 2 atom stereocenters. The minimum absolute atomic E-state index is 0.0798. The monoisotopic (exact) mass is 307 g/mol. The fourth-order valence-electron chi connectivity index (χ4n) is 1.78. The van der Waals surface area contributed by atoms with Gasteiger partial charge in [-0.25, -0.2) is 4.79 Å². The first-order valence-electron chi connectivity index (χ1n) is 7.20. The molecule has 1 aromatic rings. The van der Waals surface area contributed by atoms with E-state index in [0.29, 0.717) is 6.54 Å². The van der Waals surface area contributed by atoms with Crippen LogP contribution in [0.5, 0.6) is 0 Å². The van der Waals surface area contributed by atoms with Crippen LogP contribution in [0.25, 0.3) is 0 Å². The molecule has 1 rings (SSSR count). The van der Waals surface area contributed by atoms with Gasteiger partial charge in [0, 0.05) is 18.3 Å². The summed E-state index contributed by atoms with van der Waals surface area (Å²) in [5, 5.41) is 10.2. The van der Waals surface area contributed by atoms with Crippen molar-refractivity contribution < 1.29 is 9.53 Å². The fraction of sp³-hybridized carbons (Fsp3) is 0.533. The molecule has 0 saturated heterocycles. The lowest BCUT2D eigenvalue weighted by atomic mass is 10.1. The van der Waals surface area contributed by atoms with Gasteiger partial charge in [-0.15, -0.1) is 0 Å². The molecule has 1 heterocycles. The van der Waals surface area contributed by atoms with Crippen LogP contribution in [-0.2, 0) is 4.74 Å². The van der Waals surface area contributed by atoms with Gasteiger partial charge in [0.1, 0.15) is 0 Å². The Balaban J connectivity index is 2.72. The normalized spacial score (nSPS) is 14.1. The van der Waals surface area contributed by atoms with Crippen molar-refractivity contribution in [3.05, 3.63) is 29.6 Å². The topological polar surface area (TPSA) is 87.6 Å². The van der Waals surface area contributed by atoms with E-state index in [1.165, 1.54) is 7.11 Å². The number of ether oxygens (including phenoxy) is 1. The molecule has 22 heavy (non-hydrogen) atoms. The third-order valence-corrected chi connectivity index (χ3v) is 3.37. The third-order valence-electron chi connectivity index (χ3n) is 3.37. The molecule has 7 heteroatoms. The molecule has 0 aliphatic carbocycles. The highest BCUT2D eigenvalue weighted by molar-refractivity contribution is 5.96. The van der Waals surface area contributed by atoms with E-state index in [4.69, 9.17) is 0 Å². The molecule has 0 fully saturated rings. The number of likely N-dealkylation sites (N-methyl/N-ethyl adjacent to an activating group) is 1. The number of hydrogen-bond acceptors (Lipinski definition) is 6. The molecule has 122 valence electrons. The molecule has 3 N–H and O–H groups in total. The van der Waals surface area contributed by atoms with Crippen molar-refractivity contribution in [2.24, 2.45) is 5.10 Å². The number of methoxy groups -OCH3 is 1. The Kier molecular flexibility index (Phi) is 7.31. The van der Waals surface area contributed by atoms with Crippen LogP contribution < -0.4 is 16.1 Å². The Bertz CT molecular complexity index is 518. The van der Waals surface area contributed by atoms with E-state index in [1.807, 2.05) is 46.0 Å². The molecule has 0 aliphatic rings. The second-order valence-corrected chi connectivity index (χ2v) is 5.05. The molecule has 1 aromatic heterocycles. The first-order valence-corrected chi connectivity index (χ1v) is 7.20. The van der Waals surface area contributed by atoms with Crippen LogP contribution in [0.1, 0.15) is 25.2 Å². The molecular formula is C15H25N5O2. The van der Waals surface area contributed by atoms with Gasteiger partial charge in [0.15, 0.2) is 0 Å². The Labute approximate surface area is 131 Å². The van der Waals surface area contributed by atoms with E-state index in [0.717, 1.165) is 17.1 Å². The second-order valence-electron chi connectivity index (χ2n) is 5.05. The van der Waals surface area contributed by atoms with Crippen LogP contribution in [0.4, 0.5) is 4.79 Å². The summed E-state index contributed by atoms with van der Waals surface area (Å²) >= 11 is 0. The predicted molar refractivity (Wildman–Crippen MR) is 87.0 cm³/mol. The molecule has 0 spiro atoms. The predicted octanol–water partition coefficient (Wildman–Crippen LogP) is 1.04. The smallest absolute Gasteiger partial charge is 0.406 e. The molecule has 7 nitrogen and oxygen atoms in total. The van der Waals surface area contributed by atoms with Gasteiger partial charge >= 0.3 is 6.09 Å². The number of aryl methyl sites for hydroxylation is 1. The highest BCUT2D eigenvalue weighted by atomic mass is 16.5. The van der Waals surface area contributed by atoms with Crippen molar-refractivity contribution in [2.75, 3.05) is 20.7 Å². The lowest BCUT2D eigenvalue weighted by Gasteiger charge is -2.23. The highest BCUT2D eigenvalue weighted by Gasteiger charge is 2.16. The number of pyridine rings is 1. The maximum absolute atomic E-state index is 11.2.